The van der Waals surface area contributed by atoms with Crippen molar-refractivity contribution in [2.24, 2.45) is 4.99 Å². The molecule has 122 valence electrons. The Morgan fingerprint density at radius 1 is 1.21 bits per heavy atom. The number of benzene rings is 1. The highest BCUT2D eigenvalue weighted by atomic mass is 32.2. The minimum Gasteiger partial charge on any atom is -0.478 e. The molecule has 24 heavy (non-hydrogen) atoms. The Kier molecular flexibility index (Phi) is 4.55. The van der Waals surface area contributed by atoms with E-state index in [1.165, 1.54) is 33.7 Å². The third-order valence-electron chi connectivity index (χ3n) is 3.38. The van der Waals surface area contributed by atoms with E-state index in [2.05, 4.69) is 4.99 Å². The third-order valence-corrected chi connectivity index (χ3v) is 5.38. The van der Waals surface area contributed by atoms with Gasteiger partial charge in [0.1, 0.15) is 0 Å². The molecular weight excluding hydrogens is 344 g/mol. The fraction of sp³-hybridized carbons (Fsp3) is 0.118. The number of hydrogen-bond acceptors (Lipinski definition) is 5. The molecule has 1 fully saturated rings. The van der Waals surface area contributed by atoms with Crippen molar-refractivity contribution < 1.29 is 14.7 Å². The van der Waals surface area contributed by atoms with Crippen LogP contribution in [0, 0.1) is 6.92 Å². The molecule has 3 rings (SSSR count). The number of aryl methyl sites for hydroxylation is 1. The summed E-state index contributed by atoms with van der Waals surface area (Å²) >= 11 is 2.95. The molecule has 7 heteroatoms. The first-order chi connectivity index (χ1) is 11.4. The molecule has 0 radical (unpaired) electrons. The van der Waals surface area contributed by atoms with E-state index in [0.717, 1.165) is 4.88 Å². The Bertz CT molecular complexity index is 866. The molecule has 2 aromatic rings. The lowest BCUT2D eigenvalue weighted by Crippen LogP contribution is -2.23. The fourth-order valence-corrected chi connectivity index (χ4v) is 3.97. The number of carbonyl (C=O) groups excluding carboxylic acids is 1. The first kappa shape index (κ1) is 16.5. The Balaban J connectivity index is 1.85. The summed E-state index contributed by atoms with van der Waals surface area (Å²) in [6, 6.07) is 10.2. The van der Waals surface area contributed by atoms with Crippen LogP contribution in [0.2, 0.25) is 0 Å². The van der Waals surface area contributed by atoms with Crippen LogP contribution in [0.4, 0.5) is 5.69 Å². The van der Waals surface area contributed by atoms with Crippen LogP contribution in [-0.2, 0) is 4.79 Å². The number of carbonyl (C=O) groups is 2. The number of rotatable bonds is 3. The topological polar surface area (TPSA) is 70.0 Å². The lowest BCUT2D eigenvalue weighted by atomic mass is 10.2. The number of amidine groups is 1. The predicted molar refractivity (Wildman–Crippen MR) is 97.9 cm³/mol. The molecule has 1 amide bonds. The summed E-state index contributed by atoms with van der Waals surface area (Å²) in [5.41, 5.74) is 0.812. The van der Waals surface area contributed by atoms with E-state index in [1.807, 2.05) is 25.1 Å². The van der Waals surface area contributed by atoms with Gasteiger partial charge in [0.05, 0.1) is 16.2 Å². The summed E-state index contributed by atoms with van der Waals surface area (Å²) in [5, 5.41) is 9.49. The van der Waals surface area contributed by atoms with Crippen molar-refractivity contribution in [3.8, 4) is 0 Å². The highest BCUT2D eigenvalue weighted by Crippen LogP contribution is 2.34. The molecule has 1 saturated heterocycles. The quantitative estimate of drug-likeness (QED) is 0.842. The zero-order valence-electron chi connectivity index (χ0n) is 13.0. The molecule has 0 unspecified atom stereocenters. The van der Waals surface area contributed by atoms with E-state index in [4.69, 9.17) is 5.11 Å². The van der Waals surface area contributed by atoms with Crippen LogP contribution in [0.15, 0.2) is 46.3 Å². The Morgan fingerprint density at radius 2 is 1.92 bits per heavy atom. The van der Waals surface area contributed by atoms with Crippen LogP contribution in [-0.4, -0.2) is 34.1 Å². The average molecular weight is 358 g/mol. The van der Waals surface area contributed by atoms with Crippen molar-refractivity contribution in [2.45, 2.75) is 6.92 Å². The molecule has 1 aliphatic heterocycles. The largest absolute Gasteiger partial charge is 0.478 e. The minimum absolute atomic E-state index is 0.0908. The van der Waals surface area contributed by atoms with Gasteiger partial charge in [-0.2, -0.15) is 0 Å². The summed E-state index contributed by atoms with van der Waals surface area (Å²) in [5.74, 6) is -1.07. The Morgan fingerprint density at radius 3 is 2.50 bits per heavy atom. The zero-order valence-corrected chi connectivity index (χ0v) is 14.6. The second-order valence-corrected chi connectivity index (χ2v) is 7.50. The van der Waals surface area contributed by atoms with Crippen LogP contribution in [0.5, 0.6) is 0 Å². The molecule has 5 nitrogen and oxygen atoms in total. The number of carboxylic acid groups (broad SMARTS) is 1. The van der Waals surface area contributed by atoms with E-state index < -0.39 is 5.97 Å². The number of likely N-dealkylation sites (N-methyl/N-ethyl adjacent to an activating group) is 1. The smallest absolute Gasteiger partial charge is 0.335 e. The number of hydrogen-bond donors (Lipinski definition) is 1. The standard InChI is InChI=1S/C17H14N2O3S2/c1-10-3-8-13(23-10)9-14-15(20)19(2)17(24-14)18-12-6-4-11(5-7-12)16(21)22/h3-9H,1-2H3,(H,21,22)/b14-9-,18-17?. The fourth-order valence-electron chi connectivity index (χ4n) is 2.10. The number of thioether (sulfide) groups is 1. The number of amides is 1. The van der Waals surface area contributed by atoms with Crippen molar-refractivity contribution in [3.63, 3.8) is 0 Å². The van der Waals surface area contributed by atoms with Gasteiger partial charge >= 0.3 is 5.97 Å². The van der Waals surface area contributed by atoms with Crippen LogP contribution in [0.25, 0.3) is 6.08 Å². The van der Waals surface area contributed by atoms with Crippen molar-refractivity contribution in [2.75, 3.05) is 7.05 Å². The summed E-state index contributed by atoms with van der Waals surface area (Å²) < 4.78 is 0. The second-order valence-electron chi connectivity index (χ2n) is 5.17. The molecule has 0 saturated carbocycles. The van der Waals surface area contributed by atoms with Gasteiger partial charge in [0.25, 0.3) is 5.91 Å². The molecule has 1 N–H and O–H groups in total. The van der Waals surface area contributed by atoms with Gasteiger partial charge in [0.15, 0.2) is 5.17 Å². The van der Waals surface area contributed by atoms with Gasteiger partial charge in [-0.25, -0.2) is 9.79 Å². The number of nitrogens with zero attached hydrogens (tertiary/aromatic N) is 2. The van der Waals surface area contributed by atoms with Crippen molar-refractivity contribution >= 4 is 51.9 Å². The average Bonchev–Trinajstić information content (AvgIpc) is 3.07. The zero-order chi connectivity index (χ0) is 17.3. The summed E-state index contributed by atoms with van der Waals surface area (Å²) in [6.07, 6.45) is 1.87. The van der Waals surface area contributed by atoms with Gasteiger partial charge in [-0.3, -0.25) is 9.69 Å². The van der Waals surface area contributed by atoms with E-state index in [9.17, 15) is 9.59 Å². The first-order valence-corrected chi connectivity index (χ1v) is 8.73. The molecule has 2 heterocycles. The third kappa shape index (κ3) is 3.42. The lowest BCUT2D eigenvalue weighted by Gasteiger charge is -2.07. The van der Waals surface area contributed by atoms with E-state index in [1.54, 1.807) is 30.5 Å². The molecule has 1 aromatic carbocycles. The second kappa shape index (κ2) is 6.62. The van der Waals surface area contributed by atoms with Crippen molar-refractivity contribution in [3.05, 3.63) is 56.6 Å². The van der Waals surface area contributed by atoms with E-state index in [-0.39, 0.29) is 11.5 Å². The van der Waals surface area contributed by atoms with Crippen molar-refractivity contribution in [1.29, 1.82) is 0 Å². The maximum atomic E-state index is 12.3. The highest BCUT2D eigenvalue weighted by molar-refractivity contribution is 8.18. The van der Waals surface area contributed by atoms with Crippen molar-refractivity contribution in [1.82, 2.24) is 4.90 Å². The normalized spacial score (nSPS) is 17.9. The Hall–Kier alpha value is -2.38. The summed E-state index contributed by atoms with van der Waals surface area (Å²) in [7, 11) is 1.68. The molecule has 1 aromatic heterocycles. The van der Waals surface area contributed by atoms with Crippen LogP contribution >= 0.6 is 23.1 Å². The summed E-state index contributed by atoms with van der Waals surface area (Å²) in [4.78, 5) is 32.0. The van der Waals surface area contributed by atoms with Crippen LogP contribution < -0.4 is 0 Å². The van der Waals surface area contributed by atoms with Gasteiger partial charge in [-0.1, -0.05) is 0 Å². The number of aromatic carboxylic acids is 1. The number of carboxylic acids is 1. The van der Waals surface area contributed by atoms with Crippen LogP contribution in [0.3, 0.4) is 0 Å². The van der Waals surface area contributed by atoms with Gasteiger partial charge in [0, 0.05) is 16.8 Å². The SMILES string of the molecule is Cc1ccc(/C=C2\SC(=Nc3ccc(C(=O)O)cc3)N(C)C2=O)s1. The molecule has 1 aliphatic rings. The maximum Gasteiger partial charge on any atom is 0.335 e. The molecule has 0 aliphatic carbocycles. The summed E-state index contributed by atoms with van der Waals surface area (Å²) in [6.45, 7) is 2.02. The van der Waals surface area contributed by atoms with Gasteiger partial charge in [0.2, 0.25) is 0 Å². The maximum absolute atomic E-state index is 12.3. The molecule has 0 bridgehead atoms. The highest BCUT2D eigenvalue weighted by Gasteiger charge is 2.30. The van der Waals surface area contributed by atoms with Crippen LogP contribution in [0.1, 0.15) is 20.1 Å². The predicted octanol–water partition coefficient (Wildman–Crippen LogP) is 3.99. The number of aliphatic imine (C=N–C) groups is 1. The lowest BCUT2D eigenvalue weighted by molar-refractivity contribution is -0.121. The van der Waals surface area contributed by atoms with Gasteiger partial charge < -0.3 is 5.11 Å². The number of thiophene rings is 1. The Labute approximate surface area is 147 Å². The van der Waals surface area contributed by atoms with E-state index in [0.29, 0.717) is 15.8 Å². The molecule has 0 atom stereocenters. The molecule has 0 spiro atoms. The minimum atomic E-state index is -0.979. The molecular formula is C17H14N2O3S2. The van der Waals surface area contributed by atoms with Gasteiger partial charge in [-0.05, 0) is 61.2 Å². The monoisotopic (exact) mass is 358 g/mol. The van der Waals surface area contributed by atoms with Gasteiger partial charge in [-0.15, -0.1) is 11.3 Å². The first-order valence-electron chi connectivity index (χ1n) is 7.10. The van der Waals surface area contributed by atoms with E-state index >= 15 is 0 Å².